The zero-order valence-electron chi connectivity index (χ0n) is 27.5. The molecule has 0 aromatic rings. The highest BCUT2D eigenvalue weighted by Gasteiger charge is 2.29. The first-order valence-electron chi connectivity index (χ1n) is 15.2. The first kappa shape index (κ1) is 38.7. The van der Waals surface area contributed by atoms with Crippen molar-refractivity contribution in [2.45, 2.75) is 80.4 Å². The second kappa shape index (κ2) is 20.6. The van der Waals surface area contributed by atoms with Gasteiger partial charge in [0, 0.05) is 42.2 Å². The number of aliphatic hydroxyl groups is 1. The number of allylic oxidation sites excluding steroid dienone is 8. The molecule has 0 aliphatic carbocycles. The third kappa shape index (κ3) is 15.8. The average molecular weight is 632 g/mol. The summed E-state index contributed by atoms with van der Waals surface area (Å²) in [5.74, 6) is -0.0817. The minimum absolute atomic E-state index is 0.00457. The van der Waals surface area contributed by atoms with Gasteiger partial charge in [0.1, 0.15) is 11.9 Å². The number of ketones is 1. The molecule has 1 aliphatic rings. The molecule has 0 fully saturated rings. The summed E-state index contributed by atoms with van der Waals surface area (Å²) < 4.78 is 5.37. The van der Waals surface area contributed by atoms with E-state index in [1.54, 1.807) is 34.6 Å². The largest absolute Gasteiger partial charge is 0.454 e. The number of aliphatic hydroxyl groups excluding tert-OH is 1. The van der Waals surface area contributed by atoms with Crippen molar-refractivity contribution in [2.75, 3.05) is 18.6 Å². The van der Waals surface area contributed by atoms with E-state index in [1.165, 1.54) is 6.08 Å². The predicted molar refractivity (Wildman–Crippen MR) is 184 cm³/mol. The first-order valence-corrected chi connectivity index (χ1v) is 17.9. The number of amides is 1. The number of nitrogens with one attached hydrogen (secondary N) is 1. The standard InChI is InChI=1S/C35H53NO5S2/c1-23(19-25(3)13-15-31-27(5)14-16-33(38)41-31)11-10-12-24(2)20-28(6)34(39)30(8)35(40)29(7)21-26(4)22-32(37)36-17-18-43-42-9/h10,12-16,19-20,22-23,27-31,35,40H,11,17-18,21H2,1-9H3,(H,36,37)/b12-10+,15-13+,24-20+,25-19-,26-22+/t23?,27-,28+,29?,30+,31-,35?/m0/s1. The van der Waals surface area contributed by atoms with E-state index in [0.29, 0.717) is 18.9 Å². The molecule has 1 heterocycles. The summed E-state index contributed by atoms with van der Waals surface area (Å²) in [6.45, 7) is 16.3. The molecule has 240 valence electrons. The van der Waals surface area contributed by atoms with E-state index in [-0.39, 0.29) is 41.5 Å². The second-order valence-electron chi connectivity index (χ2n) is 11.8. The van der Waals surface area contributed by atoms with Crippen molar-refractivity contribution in [3.63, 3.8) is 0 Å². The van der Waals surface area contributed by atoms with Crippen LogP contribution in [0.25, 0.3) is 0 Å². The van der Waals surface area contributed by atoms with E-state index >= 15 is 0 Å². The lowest BCUT2D eigenvalue weighted by Gasteiger charge is -2.25. The summed E-state index contributed by atoms with van der Waals surface area (Å²) in [4.78, 5) is 36.7. The van der Waals surface area contributed by atoms with Crippen LogP contribution in [0.4, 0.5) is 0 Å². The third-order valence-corrected chi connectivity index (χ3v) is 9.23. The predicted octanol–water partition coefficient (Wildman–Crippen LogP) is 7.44. The minimum Gasteiger partial charge on any atom is -0.454 e. The second-order valence-corrected chi connectivity index (χ2v) is 14.5. The smallest absolute Gasteiger partial charge is 0.331 e. The van der Waals surface area contributed by atoms with E-state index in [4.69, 9.17) is 4.74 Å². The summed E-state index contributed by atoms with van der Waals surface area (Å²) in [6, 6.07) is 0. The summed E-state index contributed by atoms with van der Waals surface area (Å²) in [7, 11) is 3.37. The number of esters is 1. The molecule has 0 spiro atoms. The van der Waals surface area contributed by atoms with Gasteiger partial charge >= 0.3 is 5.97 Å². The molecule has 3 unspecified atom stereocenters. The molecule has 6 nitrogen and oxygen atoms in total. The van der Waals surface area contributed by atoms with Crippen LogP contribution in [0.3, 0.4) is 0 Å². The molecular formula is C35H53NO5S2. The average Bonchev–Trinajstić information content (AvgIpc) is 2.94. The van der Waals surface area contributed by atoms with Gasteiger partial charge in [0.05, 0.1) is 6.10 Å². The quantitative estimate of drug-likeness (QED) is 0.0534. The Kier molecular flexibility index (Phi) is 18.6. The fourth-order valence-electron chi connectivity index (χ4n) is 4.99. The Morgan fingerprint density at radius 2 is 1.77 bits per heavy atom. The maximum absolute atomic E-state index is 13.1. The minimum atomic E-state index is -0.793. The van der Waals surface area contributed by atoms with Crippen molar-refractivity contribution in [1.82, 2.24) is 5.32 Å². The van der Waals surface area contributed by atoms with Crippen LogP contribution < -0.4 is 5.32 Å². The number of Topliss-reactive ketones (excluding diaryl/α,β-unsaturated/α-hetero) is 1. The highest BCUT2D eigenvalue weighted by molar-refractivity contribution is 8.76. The topological polar surface area (TPSA) is 92.7 Å². The number of hydrogen-bond acceptors (Lipinski definition) is 7. The Bertz CT molecular complexity index is 1100. The Morgan fingerprint density at radius 1 is 1.09 bits per heavy atom. The monoisotopic (exact) mass is 631 g/mol. The lowest BCUT2D eigenvalue weighted by molar-refractivity contribution is -0.143. The van der Waals surface area contributed by atoms with Crippen LogP contribution in [0.2, 0.25) is 0 Å². The fourth-order valence-corrected chi connectivity index (χ4v) is 6.09. The molecule has 2 N–H and O–H groups in total. The molecule has 0 aromatic carbocycles. The molecule has 43 heavy (non-hydrogen) atoms. The molecule has 1 amide bonds. The highest BCUT2D eigenvalue weighted by Crippen LogP contribution is 2.24. The van der Waals surface area contributed by atoms with Crippen LogP contribution in [0.5, 0.6) is 0 Å². The summed E-state index contributed by atoms with van der Waals surface area (Å²) in [5, 5.41) is 13.8. The molecule has 7 atom stereocenters. The summed E-state index contributed by atoms with van der Waals surface area (Å²) in [5.41, 5.74) is 3.00. The van der Waals surface area contributed by atoms with Crippen molar-refractivity contribution >= 4 is 39.2 Å². The number of ether oxygens (including phenoxy) is 1. The number of rotatable bonds is 18. The normalized spacial score (nSPS) is 21.9. The zero-order chi connectivity index (χ0) is 32.5. The molecule has 1 rings (SSSR count). The van der Waals surface area contributed by atoms with Gasteiger partial charge in [0.15, 0.2) is 0 Å². The van der Waals surface area contributed by atoms with E-state index in [1.807, 2.05) is 78.2 Å². The molecular weight excluding hydrogens is 579 g/mol. The van der Waals surface area contributed by atoms with E-state index in [9.17, 15) is 19.5 Å². The Balaban J connectivity index is 2.60. The molecule has 0 saturated carbocycles. The van der Waals surface area contributed by atoms with E-state index in [2.05, 4.69) is 24.4 Å². The van der Waals surface area contributed by atoms with Crippen molar-refractivity contribution in [3.8, 4) is 0 Å². The molecule has 0 radical (unpaired) electrons. The maximum atomic E-state index is 13.1. The van der Waals surface area contributed by atoms with Gasteiger partial charge < -0.3 is 15.2 Å². The number of carbonyl (C=O) groups is 3. The first-order chi connectivity index (χ1) is 20.2. The van der Waals surface area contributed by atoms with E-state index < -0.39 is 12.0 Å². The number of cyclic esters (lactones) is 1. The molecule has 0 bridgehead atoms. The molecule has 8 heteroatoms. The lowest BCUT2D eigenvalue weighted by atomic mass is 9.83. The van der Waals surface area contributed by atoms with Crippen molar-refractivity contribution in [3.05, 3.63) is 71.4 Å². The van der Waals surface area contributed by atoms with Gasteiger partial charge in [-0.3, -0.25) is 9.59 Å². The maximum Gasteiger partial charge on any atom is 0.331 e. The van der Waals surface area contributed by atoms with Crippen molar-refractivity contribution in [1.29, 1.82) is 0 Å². The summed E-state index contributed by atoms with van der Waals surface area (Å²) >= 11 is 0. The van der Waals surface area contributed by atoms with Crippen LogP contribution in [-0.4, -0.2) is 53.5 Å². The van der Waals surface area contributed by atoms with Crippen molar-refractivity contribution in [2.24, 2.45) is 29.6 Å². The van der Waals surface area contributed by atoms with Crippen LogP contribution in [0, 0.1) is 29.6 Å². The lowest BCUT2D eigenvalue weighted by Crippen LogP contribution is -2.34. The Hall–Kier alpha value is -2.29. The van der Waals surface area contributed by atoms with Crippen LogP contribution in [-0.2, 0) is 19.1 Å². The Labute approximate surface area is 268 Å². The van der Waals surface area contributed by atoms with Gasteiger partial charge in [-0.25, -0.2) is 4.79 Å². The van der Waals surface area contributed by atoms with E-state index in [0.717, 1.165) is 28.9 Å². The van der Waals surface area contributed by atoms with Crippen LogP contribution >= 0.6 is 21.6 Å². The van der Waals surface area contributed by atoms with Gasteiger partial charge in [-0.05, 0) is 57.8 Å². The van der Waals surface area contributed by atoms with Crippen LogP contribution in [0.15, 0.2) is 71.4 Å². The Morgan fingerprint density at radius 3 is 2.44 bits per heavy atom. The summed E-state index contributed by atoms with van der Waals surface area (Å²) in [6.07, 6.45) is 19.6. The van der Waals surface area contributed by atoms with Gasteiger partial charge in [0.25, 0.3) is 0 Å². The SMILES string of the molecule is CSSCCNC(=O)/C=C(\C)CC(C)C(O)[C@H](C)C(=O)[C@H](C)/C=C(C)/C=C/CC(C)/C=C(C)\C=C\[C@@H]1OC(=O)C=C[C@@H]1C. The third-order valence-electron chi connectivity index (χ3n) is 7.42. The van der Waals surface area contributed by atoms with Gasteiger partial charge in [-0.1, -0.05) is 109 Å². The van der Waals surface area contributed by atoms with Gasteiger partial charge in [-0.15, -0.1) is 0 Å². The van der Waals surface area contributed by atoms with Crippen LogP contribution in [0.1, 0.15) is 68.2 Å². The number of hydrogen-bond donors (Lipinski definition) is 2. The van der Waals surface area contributed by atoms with Gasteiger partial charge in [-0.2, -0.15) is 0 Å². The number of carbonyl (C=O) groups excluding carboxylic acids is 3. The molecule has 0 aromatic heterocycles. The fraction of sp³-hybridized carbons (Fsp3) is 0.571. The zero-order valence-corrected chi connectivity index (χ0v) is 29.1. The van der Waals surface area contributed by atoms with Crippen molar-refractivity contribution < 1.29 is 24.2 Å². The molecule has 1 aliphatic heterocycles. The van der Waals surface area contributed by atoms with Gasteiger partial charge in [0.2, 0.25) is 5.91 Å². The highest BCUT2D eigenvalue weighted by atomic mass is 33.1. The molecule has 0 saturated heterocycles.